The van der Waals surface area contributed by atoms with Crippen molar-refractivity contribution < 1.29 is 14.3 Å². The first-order chi connectivity index (χ1) is 14.2. The smallest absolute Gasteiger partial charge is 0.261 e. The van der Waals surface area contributed by atoms with Crippen LogP contribution in [0.1, 0.15) is 43.9 Å². The van der Waals surface area contributed by atoms with Gasteiger partial charge in [0.2, 0.25) is 5.91 Å². The van der Waals surface area contributed by atoms with Crippen LogP contribution in [0.4, 0.5) is 0 Å². The Morgan fingerprint density at radius 3 is 2.37 bits per heavy atom. The summed E-state index contributed by atoms with van der Waals surface area (Å²) in [6.45, 7) is 9.89. The molecule has 0 aliphatic rings. The van der Waals surface area contributed by atoms with Crippen LogP contribution in [0.5, 0.6) is 5.75 Å². The lowest BCUT2D eigenvalue weighted by Crippen LogP contribution is -2.50. The number of ether oxygens (including phenoxy) is 1. The maximum absolute atomic E-state index is 13.1. The molecule has 0 saturated carbocycles. The third kappa shape index (κ3) is 6.87. The van der Waals surface area contributed by atoms with Gasteiger partial charge in [-0.15, -0.1) is 0 Å². The van der Waals surface area contributed by atoms with Crippen LogP contribution in [0.3, 0.4) is 0 Å². The molecule has 6 heteroatoms. The van der Waals surface area contributed by atoms with E-state index in [0.717, 1.165) is 27.6 Å². The highest BCUT2D eigenvalue weighted by Gasteiger charge is 2.27. The number of hydrogen-bond acceptors (Lipinski definition) is 3. The summed E-state index contributed by atoms with van der Waals surface area (Å²) in [5.41, 5.74) is 3.06. The predicted octanol–water partition coefficient (Wildman–Crippen LogP) is 4.78. The van der Waals surface area contributed by atoms with Gasteiger partial charge in [0.05, 0.1) is 0 Å². The molecule has 0 spiro atoms. The Labute approximate surface area is 187 Å². The Morgan fingerprint density at radius 1 is 1.10 bits per heavy atom. The minimum atomic E-state index is -0.613. The molecule has 2 aromatic rings. The topological polar surface area (TPSA) is 58.6 Å². The number of amides is 2. The van der Waals surface area contributed by atoms with Gasteiger partial charge in [0.1, 0.15) is 11.8 Å². The number of aryl methyl sites for hydroxylation is 2. The summed E-state index contributed by atoms with van der Waals surface area (Å²) < 4.78 is 6.76. The number of nitrogens with one attached hydrogen (secondary N) is 1. The normalized spacial score (nSPS) is 12.7. The summed E-state index contributed by atoms with van der Waals surface area (Å²) in [6.07, 6.45) is 0.828. The van der Waals surface area contributed by atoms with Gasteiger partial charge in [-0.25, -0.2) is 0 Å². The third-order valence-corrected chi connectivity index (χ3v) is 5.64. The first-order valence-corrected chi connectivity index (χ1v) is 11.0. The zero-order valence-electron chi connectivity index (χ0n) is 18.4. The maximum atomic E-state index is 13.1. The van der Waals surface area contributed by atoms with Gasteiger partial charge in [-0.2, -0.15) is 0 Å². The van der Waals surface area contributed by atoms with Crippen LogP contribution in [0.2, 0.25) is 0 Å². The van der Waals surface area contributed by atoms with Crippen molar-refractivity contribution in [1.29, 1.82) is 0 Å². The molecule has 0 aromatic heterocycles. The third-order valence-electron chi connectivity index (χ3n) is 5.12. The van der Waals surface area contributed by atoms with E-state index in [4.69, 9.17) is 4.74 Å². The second-order valence-electron chi connectivity index (χ2n) is 7.70. The lowest BCUT2D eigenvalue weighted by molar-refractivity contribution is -0.142. The number of benzene rings is 2. The van der Waals surface area contributed by atoms with Crippen molar-refractivity contribution in [2.45, 2.75) is 59.7 Å². The molecule has 5 nitrogen and oxygen atoms in total. The summed E-state index contributed by atoms with van der Waals surface area (Å²) in [5, 5.41) is 2.97. The molecule has 2 rings (SSSR count). The molecule has 1 N–H and O–H groups in total. The van der Waals surface area contributed by atoms with Crippen LogP contribution in [-0.4, -0.2) is 35.4 Å². The highest BCUT2D eigenvalue weighted by Crippen LogP contribution is 2.19. The minimum Gasteiger partial charge on any atom is -0.483 e. The Hall–Kier alpha value is -2.34. The first-order valence-electron chi connectivity index (χ1n) is 10.3. The molecule has 0 saturated heterocycles. The van der Waals surface area contributed by atoms with Crippen molar-refractivity contribution in [1.82, 2.24) is 10.2 Å². The second-order valence-corrected chi connectivity index (χ2v) is 8.62. The van der Waals surface area contributed by atoms with Crippen LogP contribution in [0.25, 0.3) is 0 Å². The molecule has 0 heterocycles. The Kier molecular flexibility index (Phi) is 8.90. The molecule has 0 bridgehead atoms. The molecule has 0 fully saturated rings. The van der Waals surface area contributed by atoms with E-state index in [0.29, 0.717) is 12.3 Å². The van der Waals surface area contributed by atoms with E-state index >= 15 is 0 Å². The number of carbonyl (C=O) groups is 2. The monoisotopic (exact) mass is 474 g/mol. The van der Waals surface area contributed by atoms with Gasteiger partial charge in [-0.05, 0) is 63.4 Å². The highest BCUT2D eigenvalue weighted by atomic mass is 79.9. The molecule has 162 valence electrons. The van der Waals surface area contributed by atoms with Crippen LogP contribution in [-0.2, 0) is 16.1 Å². The zero-order valence-corrected chi connectivity index (χ0v) is 20.0. The number of rotatable bonds is 9. The van der Waals surface area contributed by atoms with Gasteiger partial charge in [-0.1, -0.05) is 52.7 Å². The minimum absolute atomic E-state index is 0.0519. The fourth-order valence-electron chi connectivity index (χ4n) is 3.02. The van der Waals surface area contributed by atoms with Gasteiger partial charge in [0, 0.05) is 17.1 Å². The zero-order chi connectivity index (χ0) is 22.3. The van der Waals surface area contributed by atoms with Crippen molar-refractivity contribution in [3.05, 3.63) is 63.6 Å². The lowest BCUT2D eigenvalue weighted by Gasteiger charge is -2.29. The van der Waals surface area contributed by atoms with Gasteiger partial charge < -0.3 is 15.0 Å². The standard InChI is InChI=1S/C24H31BrN2O3/c1-6-18(4)26-24(29)19(5)27(14-20-8-10-21(25)11-9-20)23(28)15-30-22-12-7-16(2)13-17(22)3/h7-13,18-19H,6,14-15H2,1-5H3,(H,26,29). The van der Waals surface area contributed by atoms with Crippen molar-refractivity contribution in [3.8, 4) is 5.75 Å². The highest BCUT2D eigenvalue weighted by molar-refractivity contribution is 9.10. The molecule has 0 aliphatic heterocycles. The lowest BCUT2D eigenvalue weighted by atomic mass is 10.1. The number of nitrogens with zero attached hydrogens (tertiary/aromatic N) is 1. The quantitative estimate of drug-likeness (QED) is 0.568. The van der Waals surface area contributed by atoms with Crippen molar-refractivity contribution in [3.63, 3.8) is 0 Å². The van der Waals surface area contributed by atoms with Crippen LogP contribution in [0, 0.1) is 13.8 Å². The largest absolute Gasteiger partial charge is 0.483 e. The van der Waals surface area contributed by atoms with Crippen molar-refractivity contribution in [2.75, 3.05) is 6.61 Å². The van der Waals surface area contributed by atoms with Gasteiger partial charge in [0.15, 0.2) is 6.61 Å². The van der Waals surface area contributed by atoms with E-state index in [-0.39, 0.29) is 24.5 Å². The van der Waals surface area contributed by atoms with Gasteiger partial charge in [0.25, 0.3) is 5.91 Å². The van der Waals surface area contributed by atoms with E-state index in [1.54, 1.807) is 11.8 Å². The average molecular weight is 475 g/mol. The first kappa shape index (κ1) is 23.9. The maximum Gasteiger partial charge on any atom is 0.261 e. The van der Waals surface area contributed by atoms with E-state index < -0.39 is 6.04 Å². The molecule has 2 atom stereocenters. The summed E-state index contributed by atoms with van der Waals surface area (Å²) in [5.74, 6) is 0.278. The van der Waals surface area contributed by atoms with Crippen LogP contribution >= 0.6 is 15.9 Å². The fraction of sp³-hybridized carbons (Fsp3) is 0.417. The van der Waals surface area contributed by atoms with Crippen molar-refractivity contribution >= 4 is 27.7 Å². The van der Waals surface area contributed by atoms with Gasteiger partial charge >= 0.3 is 0 Å². The van der Waals surface area contributed by atoms with Gasteiger partial charge in [-0.3, -0.25) is 9.59 Å². The van der Waals surface area contributed by atoms with E-state index in [1.165, 1.54) is 0 Å². The summed E-state index contributed by atoms with van der Waals surface area (Å²) in [7, 11) is 0. The summed E-state index contributed by atoms with van der Waals surface area (Å²) >= 11 is 3.43. The Bertz CT molecular complexity index is 867. The van der Waals surface area contributed by atoms with Crippen molar-refractivity contribution in [2.24, 2.45) is 0 Å². The molecule has 2 aromatic carbocycles. The predicted molar refractivity (Wildman–Crippen MR) is 123 cm³/mol. The number of halogens is 1. The Balaban J connectivity index is 2.16. The molecule has 30 heavy (non-hydrogen) atoms. The van der Waals surface area contributed by atoms with E-state index in [2.05, 4.69) is 21.2 Å². The SMILES string of the molecule is CCC(C)NC(=O)C(C)N(Cc1ccc(Br)cc1)C(=O)COc1ccc(C)cc1C. The number of carbonyl (C=O) groups excluding carboxylic acids is 2. The molecule has 2 amide bonds. The number of hydrogen-bond donors (Lipinski definition) is 1. The molecule has 0 radical (unpaired) electrons. The molecule has 0 aliphatic carbocycles. The second kappa shape index (κ2) is 11.2. The van der Waals surface area contributed by atoms with E-state index in [9.17, 15) is 9.59 Å². The summed E-state index contributed by atoms with van der Waals surface area (Å²) in [4.78, 5) is 27.4. The van der Waals surface area contributed by atoms with Crippen LogP contribution < -0.4 is 10.1 Å². The van der Waals surface area contributed by atoms with E-state index in [1.807, 2.05) is 70.2 Å². The summed E-state index contributed by atoms with van der Waals surface area (Å²) in [6, 6.07) is 13.0. The Morgan fingerprint density at radius 2 is 1.77 bits per heavy atom. The van der Waals surface area contributed by atoms with Crippen LogP contribution in [0.15, 0.2) is 46.9 Å². The average Bonchev–Trinajstić information content (AvgIpc) is 2.71. The molecule has 2 unspecified atom stereocenters. The molecular formula is C24H31BrN2O3. The fourth-order valence-corrected chi connectivity index (χ4v) is 3.28. The molecular weight excluding hydrogens is 444 g/mol.